The standard InChI is InChI=1S/C29H33Cl2N3O5S/c1-4-27(29(36)32-5-2)33(19-21-12-17-25(30)26(31)18-21)28(35)20-34(22-10-8-7-9-11-22)40(37,38)24-15-13-23(14-16-24)39-6-3/h7-18,27H,4-6,19-20H2,1-3H3,(H,32,36)/t27-/m0/s1. The number of nitrogens with one attached hydrogen (secondary N) is 1. The SMILES string of the molecule is CCNC(=O)[C@H](CC)N(Cc1ccc(Cl)c(Cl)c1)C(=O)CN(c1ccccc1)S(=O)(=O)c1ccc(OCC)cc1. The molecule has 3 aromatic carbocycles. The third-order valence-corrected chi connectivity index (χ3v) is 8.65. The Labute approximate surface area is 245 Å². The molecule has 2 amide bonds. The van der Waals surface area contributed by atoms with Crippen LogP contribution in [0.15, 0.2) is 77.7 Å². The number of ether oxygens (including phenoxy) is 1. The zero-order valence-electron chi connectivity index (χ0n) is 22.6. The van der Waals surface area contributed by atoms with Crippen LogP contribution in [0.25, 0.3) is 0 Å². The minimum Gasteiger partial charge on any atom is -0.494 e. The molecule has 40 heavy (non-hydrogen) atoms. The highest BCUT2D eigenvalue weighted by Crippen LogP contribution is 2.27. The minimum absolute atomic E-state index is 0.000549. The van der Waals surface area contributed by atoms with E-state index in [4.69, 9.17) is 27.9 Å². The van der Waals surface area contributed by atoms with Crippen molar-refractivity contribution in [2.45, 2.75) is 44.7 Å². The molecule has 3 aromatic rings. The summed E-state index contributed by atoms with van der Waals surface area (Å²) in [4.78, 5) is 28.3. The van der Waals surface area contributed by atoms with E-state index in [0.717, 1.165) is 4.31 Å². The number of anilines is 1. The van der Waals surface area contributed by atoms with Gasteiger partial charge in [0, 0.05) is 13.1 Å². The third kappa shape index (κ3) is 7.68. The Bertz CT molecular complexity index is 1400. The Morgan fingerprint density at radius 2 is 1.60 bits per heavy atom. The van der Waals surface area contributed by atoms with Crippen molar-refractivity contribution in [1.82, 2.24) is 10.2 Å². The van der Waals surface area contributed by atoms with Gasteiger partial charge in [-0.2, -0.15) is 0 Å². The Balaban J connectivity index is 2.03. The second-order valence-corrected chi connectivity index (χ2v) is 11.5. The molecule has 0 bridgehead atoms. The lowest BCUT2D eigenvalue weighted by molar-refractivity contribution is -0.140. The number of carbonyl (C=O) groups excluding carboxylic acids is 2. The molecule has 0 aliphatic carbocycles. The summed E-state index contributed by atoms with van der Waals surface area (Å²) in [5, 5.41) is 3.44. The van der Waals surface area contributed by atoms with Crippen molar-refractivity contribution < 1.29 is 22.7 Å². The van der Waals surface area contributed by atoms with Crippen LogP contribution in [0.2, 0.25) is 10.0 Å². The number of likely N-dealkylation sites (N-methyl/N-ethyl adjacent to an activating group) is 1. The van der Waals surface area contributed by atoms with Crippen molar-refractivity contribution in [2.24, 2.45) is 0 Å². The quantitative estimate of drug-likeness (QED) is 0.276. The van der Waals surface area contributed by atoms with E-state index in [-0.39, 0.29) is 17.3 Å². The van der Waals surface area contributed by atoms with Gasteiger partial charge in [0.05, 0.1) is 27.2 Å². The van der Waals surface area contributed by atoms with Crippen LogP contribution in [0.1, 0.15) is 32.8 Å². The van der Waals surface area contributed by atoms with Crippen LogP contribution in [-0.2, 0) is 26.2 Å². The van der Waals surface area contributed by atoms with E-state index in [2.05, 4.69) is 5.32 Å². The van der Waals surface area contributed by atoms with Gasteiger partial charge in [-0.05, 0) is 74.4 Å². The molecule has 0 saturated carbocycles. The molecule has 0 saturated heterocycles. The molecular formula is C29H33Cl2N3O5S. The summed E-state index contributed by atoms with van der Waals surface area (Å²) in [5.41, 5.74) is 0.955. The highest BCUT2D eigenvalue weighted by Gasteiger charge is 2.33. The highest BCUT2D eigenvalue weighted by atomic mass is 35.5. The van der Waals surface area contributed by atoms with E-state index in [0.29, 0.717) is 46.6 Å². The smallest absolute Gasteiger partial charge is 0.264 e. The number of halogens is 2. The molecule has 0 spiro atoms. The largest absolute Gasteiger partial charge is 0.494 e. The summed E-state index contributed by atoms with van der Waals surface area (Å²) >= 11 is 12.3. The number of rotatable bonds is 13. The van der Waals surface area contributed by atoms with Crippen LogP contribution in [0.3, 0.4) is 0 Å². The van der Waals surface area contributed by atoms with Crippen LogP contribution in [0.4, 0.5) is 5.69 Å². The van der Waals surface area contributed by atoms with Gasteiger partial charge >= 0.3 is 0 Å². The Hall–Kier alpha value is -3.27. The Morgan fingerprint density at radius 1 is 0.925 bits per heavy atom. The first kappa shape index (κ1) is 31.3. The molecule has 11 heteroatoms. The van der Waals surface area contributed by atoms with Gasteiger partial charge in [0.15, 0.2) is 0 Å². The van der Waals surface area contributed by atoms with Gasteiger partial charge in [-0.15, -0.1) is 0 Å². The second-order valence-electron chi connectivity index (χ2n) is 8.84. The van der Waals surface area contributed by atoms with Gasteiger partial charge in [-0.25, -0.2) is 8.42 Å². The molecule has 8 nitrogen and oxygen atoms in total. The zero-order chi connectivity index (χ0) is 29.3. The number of nitrogens with zero attached hydrogens (tertiary/aromatic N) is 2. The van der Waals surface area contributed by atoms with Gasteiger partial charge in [0.2, 0.25) is 11.8 Å². The first-order chi connectivity index (χ1) is 19.1. The highest BCUT2D eigenvalue weighted by molar-refractivity contribution is 7.92. The number of sulfonamides is 1. The fraction of sp³-hybridized carbons (Fsp3) is 0.310. The Morgan fingerprint density at radius 3 is 2.17 bits per heavy atom. The van der Waals surface area contributed by atoms with Crippen molar-refractivity contribution in [3.63, 3.8) is 0 Å². The predicted molar refractivity (Wildman–Crippen MR) is 158 cm³/mol. The van der Waals surface area contributed by atoms with E-state index in [1.165, 1.54) is 17.0 Å². The summed E-state index contributed by atoms with van der Waals surface area (Å²) in [7, 11) is -4.17. The average molecular weight is 607 g/mol. The lowest BCUT2D eigenvalue weighted by Gasteiger charge is -2.33. The molecule has 1 N–H and O–H groups in total. The average Bonchev–Trinajstić information content (AvgIpc) is 2.94. The van der Waals surface area contributed by atoms with Crippen LogP contribution >= 0.6 is 23.2 Å². The number of benzene rings is 3. The second kappa shape index (κ2) is 14.4. The fourth-order valence-corrected chi connectivity index (χ4v) is 5.91. The molecule has 1 atom stereocenters. The summed E-state index contributed by atoms with van der Waals surface area (Å²) in [6.45, 7) is 5.73. The monoisotopic (exact) mass is 605 g/mol. The molecule has 0 unspecified atom stereocenters. The van der Waals surface area contributed by atoms with E-state index in [1.807, 2.05) is 6.92 Å². The van der Waals surface area contributed by atoms with Crippen molar-refractivity contribution in [3.8, 4) is 5.75 Å². The molecule has 0 fully saturated rings. The van der Waals surface area contributed by atoms with Gasteiger partial charge in [0.25, 0.3) is 10.0 Å². The van der Waals surface area contributed by atoms with Crippen molar-refractivity contribution in [3.05, 3.63) is 88.4 Å². The number of hydrogen-bond acceptors (Lipinski definition) is 5. The topological polar surface area (TPSA) is 96.0 Å². The van der Waals surface area contributed by atoms with Crippen molar-refractivity contribution in [1.29, 1.82) is 0 Å². The maximum atomic E-state index is 14.0. The van der Waals surface area contributed by atoms with Crippen LogP contribution < -0.4 is 14.4 Å². The molecule has 0 aromatic heterocycles. The van der Waals surface area contributed by atoms with Gasteiger partial charge in [-0.1, -0.05) is 54.4 Å². The van der Waals surface area contributed by atoms with Gasteiger partial charge < -0.3 is 15.0 Å². The maximum Gasteiger partial charge on any atom is 0.264 e. The van der Waals surface area contributed by atoms with E-state index in [9.17, 15) is 18.0 Å². The molecule has 3 rings (SSSR count). The minimum atomic E-state index is -4.17. The summed E-state index contributed by atoms with van der Waals surface area (Å²) in [6.07, 6.45) is 0.315. The summed E-state index contributed by atoms with van der Waals surface area (Å²) < 4.78 is 34.3. The van der Waals surface area contributed by atoms with E-state index < -0.39 is 28.5 Å². The fourth-order valence-electron chi connectivity index (χ4n) is 4.17. The van der Waals surface area contributed by atoms with Crippen LogP contribution in [0, 0.1) is 0 Å². The first-order valence-corrected chi connectivity index (χ1v) is 15.1. The number of carbonyl (C=O) groups is 2. The van der Waals surface area contributed by atoms with Crippen molar-refractivity contribution in [2.75, 3.05) is 24.0 Å². The normalized spacial score (nSPS) is 11.9. The zero-order valence-corrected chi connectivity index (χ0v) is 25.0. The number of hydrogen-bond donors (Lipinski definition) is 1. The lowest BCUT2D eigenvalue weighted by atomic mass is 10.1. The van der Waals surface area contributed by atoms with Crippen LogP contribution in [-0.4, -0.2) is 50.9 Å². The molecule has 0 aliphatic rings. The molecule has 0 heterocycles. The molecule has 0 radical (unpaired) electrons. The first-order valence-electron chi connectivity index (χ1n) is 12.9. The van der Waals surface area contributed by atoms with Gasteiger partial charge in [-0.3, -0.25) is 13.9 Å². The molecule has 0 aliphatic heterocycles. The molecular weight excluding hydrogens is 573 g/mol. The summed E-state index contributed by atoms with van der Waals surface area (Å²) in [5.74, 6) is -0.356. The Kier molecular flexibility index (Phi) is 11.2. The lowest BCUT2D eigenvalue weighted by Crippen LogP contribution is -2.52. The number of amides is 2. The maximum absolute atomic E-state index is 14.0. The summed E-state index contributed by atoms with van der Waals surface area (Å²) in [6, 6.07) is 18.5. The molecule has 214 valence electrons. The van der Waals surface area contributed by atoms with E-state index >= 15 is 0 Å². The third-order valence-electron chi connectivity index (χ3n) is 6.12. The predicted octanol–water partition coefficient (Wildman–Crippen LogP) is 5.53. The number of para-hydroxylation sites is 1. The van der Waals surface area contributed by atoms with Crippen molar-refractivity contribution >= 4 is 50.7 Å². The van der Waals surface area contributed by atoms with E-state index in [1.54, 1.807) is 74.5 Å². The van der Waals surface area contributed by atoms with Gasteiger partial charge in [0.1, 0.15) is 18.3 Å². The van der Waals surface area contributed by atoms with Crippen LogP contribution in [0.5, 0.6) is 5.75 Å².